The van der Waals surface area contributed by atoms with Gasteiger partial charge in [-0.1, -0.05) is 0 Å². The van der Waals surface area contributed by atoms with Crippen molar-refractivity contribution in [3.8, 4) is 0 Å². The molecule has 0 saturated carbocycles. The molecule has 0 aromatic carbocycles. The lowest BCUT2D eigenvalue weighted by atomic mass is 10.1. The first kappa shape index (κ1) is 22.8. The zero-order valence-corrected chi connectivity index (χ0v) is 16.1. The molecule has 10 nitrogen and oxygen atoms in total. The highest BCUT2D eigenvalue weighted by Crippen LogP contribution is 2.48. The average Bonchev–Trinajstić information content (AvgIpc) is 2.59. The number of ether oxygens (including phenoxy) is 1. The molecule has 0 aliphatic heterocycles. The van der Waals surface area contributed by atoms with Crippen LogP contribution >= 0.6 is 7.60 Å². The molecular weight excluding hydrogens is 367 g/mol. The fraction of sp³-hybridized carbons (Fsp3) is 0.733. The summed E-state index contributed by atoms with van der Waals surface area (Å²) in [5, 5.41) is 19.1. The first-order chi connectivity index (χ1) is 12.3. The van der Waals surface area contributed by atoms with E-state index in [9.17, 15) is 24.4 Å². The Morgan fingerprint density at radius 2 is 1.88 bits per heavy atom. The minimum atomic E-state index is -3.33. The predicted octanol–water partition coefficient (Wildman–Crippen LogP) is 0.197. The van der Waals surface area contributed by atoms with Gasteiger partial charge in [0.2, 0.25) is 0 Å². The topological polar surface area (TPSA) is 140 Å². The SMILES string of the molecule is CCOP(=O)(CC[C@@H](OCn1cc(C)c(=O)[nH]c1=O)[C@@H](O)CO)OCC. The number of aliphatic hydroxyl groups excluding tert-OH is 2. The van der Waals surface area contributed by atoms with Crippen LogP contribution in [0.4, 0.5) is 0 Å². The molecular formula is C15H27N2O8P. The third-order valence-corrected chi connectivity index (χ3v) is 5.68. The molecule has 0 fully saturated rings. The first-order valence-corrected chi connectivity index (χ1v) is 10.1. The van der Waals surface area contributed by atoms with Crippen LogP contribution in [-0.4, -0.2) is 58.0 Å². The van der Waals surface area contributed by atoms with Crippen molar-refractivity contribution >= 4 is 7.60 Å². The standard InChI is InChI=1S/C15H27N2O8P/c1-4-24-26(22,25-5-2)7-6-13(12(19)9-18)23-10-17-8-11(3)14(20)16-15(17)21/h8,12-13,18-19H,4-7,9-10H2,1-3H3,(H,16,20,21)/t12-,13+/m0/s1. The number of rotatable bonds is 12. The van der Waals surface area contributed by atoms with Gasteiger partial charge in [-0.05, 0) is 27.2 Å². The van der Waals surface area contributed by atoms with Crippen molar-refractivity contribution in [3.05, 3.63) is 32.6 Å². The maximum Gasteiger partial charge on any atom is 0.330 e. The predicted molar refractivity (Wildman–Crippen MR) is 94.4 cm³/mol. The van der Waals surface area contributed by atoms with Crippen LogP contribution in [0.3, 0.4) is 0 Å². The van der Waals surface area contributed by atoms with E-state index < -0.39 is 37.7 Å². The first-order valence-electron chi connectivity index (χ1n) is 8.35. The van der Waals surface area contributed by atoms with Gasteiger partial charge < -0.3 is 24.0 Å². The monoisotopic (exact) mass is 394 g/mol. The second-order valence-electron chi connectivity index (χ2n) is 5.58. The largest absolute Gasteiger partial charge is 0.394 e. The van der Waals surface area contributed by atoms with Gasteiger partial charge in [-0.15, -0.1) is 0 Å². The minimum absolute atomic E-state index is 0.0179. The number of nitrogens with zero attached hydrogens (tertiary/aromatic N) is 1. The minimum Gasteiger partial charge on any atom is -0.394 e. The summed E-state index contributed by atoms with van der Waals surface area (Å²) in [6, 6.07) is 0. The highest BCUT2D eigenvalue weighted by molar-refractivity contribution is 7.53. The molecule has 26 heavy (non-hydrogen) atoms. The quantitative estimate of drug-likeness (QED) is 0.427. The van der Waals surface area contributed by atoms with Gasteiger partial charge in [0.25, 0.3) is 5.56 Å². The second-order valence-corrected chi connectivity index (χ2v) is 7.77. The van der Waals surface area contributed by atoms with Gasteiger partial charge in [0, 0.05) is 11.8 Å². The van der Waals surface area contributed by atoms with Crippen molar-refractivity contribution < 1.29 is 28.6 Å². The molecule has 0 radical (unpaired) electrons. The van der Waals surface area contributed by atoms with Crippen molar-refractivity contribution in [2.24, 2.45) is 0 Å². The maximum absolute atomic E-state index is 12.5. The summed E-state index contributed by atoms with van der Waals surface area (Å²) in [6.45, 7) is 4.49. The molecule has 1 heterocycles. The number of aromatic nitrogens is 2. The van der Waals surface area contributed by atoms with Crippen molar-refractivity contribution in [2.45, 2.75) is 46.1 Å². The molecule has 0 aliphatic carbocycles. The van der Waals surface area contributed by atoms with Gasteiger partial charge >= 0.3 is 13.3 Å². The van der Waals surface area contributed by atoms with Crippen LogP contribution in [0.5, 0.6) is 0 Å². The van der Waals surface area contributed by atoms with Crippen molar-refractivity contribution in [2.75, 3.05) is 26.0 Å². The Kier molecular flexibility index (Phi) is 9.42. The smallest absolute Gasteiger partial charge is 0.330 e. The van der Waals surface area contributed by atoms with Crippen molar-refractivity contribution in [1.82, 2.24) is 9.55 Å². The van der Waals surface area contributed by atoms with Crippen LogP contribution in [0.1, 0.15) is 25.8 Å². The van der Waals surface area contributed by atoms with E-state index in [1.807, 2.05) is 0 Å². The number of H-pyrrole nitrogens is 1. The van der Waals surface area contributed by atoms with E-state index >= 15 is 0 Å². The molecule has 2 atom stereocenters. The van der Waals surface area contributed by atoms with E-state index in [0.29, 0.717) is 5.56 Å². The Hall–Kier alpha value is -1.29. The maximum atomic E-state index is 12.5. The molecule has 0 saturated heterocycles. The van der Waals surface area contributed by atoms with E-state index in [-0.39, 0.29) is 32.5 Å². The van der Waals surface area contributed by atoms with Crippen molar-refractivity contribution in [1.29, 1.82) is 0 Å². The van der Waals surface area contributed by atoms with Crippen LogP contribution in [-0.2, 0) is 25.1 Å². The fourth-order valence-electron chi connectivity index (χ4n) is 2.24. The van der Waals surface area contributed by atoms with Gasteiger partial charge in [-0.25, -0.2) is 4.79 Å². The van der Waals surface area contributed by atoms with Gasteiger partial charge in [0.05, 0.1) is 32.1 Å². The third-order valence-electron chi connectivity index (χ3n) is 3.57. The molecule has 3 N–H and O–H groups in total. The Morgan fingerprint density at radius 3 is 2.42 bits per heavy atom. The number of aromatic amines is 1. The molecule has 1 aromatic heterocycles. The molecule has 0 bridgehead atoms. The Labute approximate surface area is 151 Å². The van der Waals surface area contributed by atoms with E-state index in [1.165, 1.54) is 13.1 Å². The van der Waals surface area contributed by atoms with Crippen LogP contribution in [0.2, 0.25) is 0 Å². The Balaban J connectivity index is 2.82. The zero-order chi connectivity index (χ0) is 19.7. The number of aliphatic hydroxyl groups is 2. The summed E-state index contributed by atoms with van der Waals surface area (Å²) in [5.74, 6) is 0. The lowest BCUT2D eigenvalue weighted by Gasteiger charge is -2.24. The third kappa shape index (κ3) is 6.79. The summed E-state index contributed by atoms with van der Waals surface area (Å²) in [6.07, 6.45) is -0.763. The summed E-state index contributed by atoms with van der Waals surface area (Å²) in [5.41, 5.74) is -0.829. The number of hydrogen-bond acceptors (Lipinski definition) is 8. The lowest BCUT2D eigenvalue weighted by molar-refractivity contribution is -0.0831. The van der Waals surface area contributed by atoms with E-state index in [2.05, 4.69) is 4.98 Å². The van der Waals surface area contributed by atoms with Gasteiger partial charge in [-0.2, -0.15) is 0 Å². The molecule has 0 aliphatic rings. The van der Waals surface area contributed by atoms with Crippen molar-refractivity contribution in [3.63, 3.8) is 0 Å². The highest BCUT2D eigenvalue weighted by atomic mass is 31.2. The Bertz CT molecular complexity index is 706. The normalized spacial score (nSPS) is 14.3. The molecule has 11 heteroatoms. The fourth-order valence-corrected chi connectivity index (χ4v) is 3.93. The molecule has 150 valence electrons. The zero-order valence-electron chi connectivity index (χ0n) is 15.2. The summed E-state index contributed by atoms with van der Waals surface area (Å²) < 4.78 is 29.5. The van der Waals surface area contributed by atoms with E-state index in [1.54, 1.807) is 13.8 Å². The molecule has 1 rings (SSSR count). The van der Waals surface area contributed by atoms with Crippen LogP contribution in [0.25, 0.3) is 0 Å². The van der Waals surface area contributed by atoms with E-state index in [0.717, 1.165) is 4.57 Å². The van der Waals surface area contributed by atoms with Crippen LogP contribution in [0, 0.1) is 6.92 Å². The van der Waals surface area contributed by atoms with Crippen LogP contribution < -0.4 is 11.2 Å². The summed E-state index contributed by atoms with van der Waals surface area (Å²) in [7, 11) is -3.33. The molecule has 0 spiro atoms. The Morgan fingerprint density at radius 1 is 1.27 bits per heavy atom. The second kappa shape index (κ2) is 10.8. The highest BCUT2D eigenvalue weighted by Gasteiger charge is 2.28. The van der Waals surface area contributed by atoms with E-state index in [4.69, 9.17) is 13.8 Å². The number of aryl methyl sites for hydroxylation is 1. The van der Waals surface area contributed by atoms with Crippen LogP contribution in [0.15, 0.2) is 15.8 Å². The molecule has 0 amide bonds. The number of hydrogen-bond donors (Lipinski definition) is 3. The lowest BCUT2D eigenvalue weighted by Crippen LogP contribution is -2.37. The van der Waals surface area contributed by atoms with Gasteiger partial charge in [-0.3, -0.25) is 18.9 Å². The number of nitrogens with one attached hydrogen (secondary N) is 1. The molecule has 1 aromatic rings. The molecule has 0 unspecified atom stereocenters. The van der Waals surface area contributed by atoms with Gasteiger partial charge in [0.1, 0.15) is 12.8 Å². The summed E-state index contributed by atoms with van der Waals surface area (Å²) in [4.78, 5) is 25.3. The van der Waals surface area contributed by atoms with Gasteiger partial charge in [0.15, 0.2) is 0 Å². The summed E-state index contributed by atoms with van der Waals surface area (Å²) >= 11 is 0. The average molecular weight is 394 g/mol.